The number of likely N-dealkylation sites (N-methyl/N-ethyl adjacent to an activating group) is 1. The Balaban J connectivity index is 1.92. The fourth-order valence-electron chi connectivity index (χ4n) is 3.00. The van der Waals surface area contributed by atoms with Crippen molar-refractivity contribution in [2.24, 2.45) is 0 Å². The Kier molecular flexibility index (Phi) is 7.34. The van der Waals surface area contributed by atoms with Gasteiger partial charge in [0.05, 0.1) is 5.75 Å². The lowest BCUT2D eigenvalue weighted by molar-refractivity contribution is -0.127. The number of benzene rings is 2. The molecule has 3 rings (SSSR count). The Labute approximate surface area is 186 Å². The highest BCUT2D eigenvalue weighted by Gasteiger charge is 2.19. The van der Waals surface area contributed by atoms with Gasteiger partial charge in [0.2, 0.25) is 5.91 Å². The molecule has 1 amide bonds. The minimum absolute atomic E-state index is 0.0491. The van der Waals surface area contributed by atoms with Crippen molar-refractivity contribution in [1.82, 2.24) is 19.7 Å². The van der Waals surface area contributed by atoms with Crippen molar-refractivity contribution in [3.63, 3.8) is 0 Å². The first-order valence-electron chi connectivity index (χ1n) is 9.72. The maximum atomic E-state index is 12.7. The first-order chi connectivity index (χ1) is 14.4. The molecule has 1 aromatic heterocycles. The normalized spacial score (nSPS) is 10.8. The molecule has 7 heteroatoms. The fourth-order valence-corrected chi connectivity index (χ4v) is 3.98. The van der Waals surface area contributed by atoms with Crippen LogP contribution in [0.2, 0.25) is 5.02 Å². The number of halogens is 1. The van der Waals surface area contributed by atoms with Crippen LogP contribution in [0.15, 0.2) is 65.8 Å². The highest BCUT2D eigenvalue weighted by atomic mass is 35.5. The molecular weight excluding hydrogens is 416 g/mol. The van der Waals surface area contributed by atoms with Crippen molar-refractivity contribution >= 4 is 29.3 Å². The molecular formula is C23H25ClN4OS. The van der Waals surface area contributed by atoms with E-state index in [-0.39, 0.29) is 11.7 Å². The van der Waals surface area contributed by atoms with Gasteiger partial charge in [-0.25, -0.2) is 0 Å². The summed E-state index contributed by atoms with van der Waals surface area (Å²) in [6.07, 6.45) is 0. The average Bonchev–Trinajstić information content (AvgIpc) is 3.15. The van der Waals surface area contributed by atoms with Gasteiger partial charge in [0.1, 0.15) is 0 Å². The van der Waals surface area contributed by atoms with Gasteiger partial charge < -0.3 is 4.90 Å². The maximum absolute atomic E-state index is 12.7. The molecule has 0 atom stereocenters. The minimum Gasteiger partial charge on any atom is -0.338 e. The van der Waals surface area contributed by atoms with E-state index < -0.39 is 0 Å². The molecule has 0 aliphatic carbocycles. The second kappa shape index (κ2) is 9.96. The average molecular weight is 441 g/mol. The molecule has 30 heavy (non-hydrogen) atoms. The van der Waals surface area contributed by atoms with Crippen LogP contribution in [0.1, 0.15) is 19.4 Å². The summed E-state index contributed by atoms with van der Waals surface area (Å²) in [7, 11) is 0. The van der Waals surface area contributed by atoms with Gasteiger partial charge >= 0.3 is 0 Å². The van der Waals surface area contributed by atoms with Crippen LogP contribution in [0.5, 0.6) is 0 Å². The summed E-state index contributed by atoms with van der Waals surface area (Å²) >= 11 is 7.46. The predicted molar refractivity (Wildman–Crippen MR) is 124 cm³/mol. The summed E-state index contributed by atoms with van der Waals surface area (Å²) < 4.78 is 1.97. The van der Waals surface area contributed by atoms with Gasteiger partial charge in [0.15, 0.2) is 11.0 Å². The molecule has 0 aliphatic rings. The highest BCUT2D eigenvalue weighted by molar-refractivity contribution is 7.99. The van der Waals surface area contributed by atoms with Crippen LogP contribution in [0.4, 0.5) is 0 Å². The van der Waals surface area contributed by atoms with Crippen molar-refractivity contribution in [2.75, 3.05) is 18.8 Å². The molecule has 0 aliphatic heterocycles. The van der Waals surface area contributed by atoms with Gasteiger partial charge in [-0.1, -0.05) is 65.3 Å². The molecule has 0 radical (unpaired) electrons. The van der Waals surface area contributed by atoms with E-state index in [2.05, 4.69) is 16.8 Å². The van der Waals surface area contributed by atoms with E-state index in [0.29, 0.717) is 23.3 Å². The summed E-state index contributed by atoms with van der Waals surface area (Å²) in [6, 6.07) is 15.7. The zero-order valence-electron chi connectivity index (χ0n) is 17.4. The van der Waals surface area contributed by atoms with Crippen LogP contribution >= 0.6 is 23.4 Å². The number of carbonyl (C=O) groups excluding carboxylic acids is 1. The zero-order valence-corrected chi connectivity index (χ0v) is 19.0. The molecule has 156 valence electrons. The standard InChI is InChI=1S/C23H25ClN4OS/c1-5-27(14-16(2)3)21(29)15-30-23-26-25-22(18-8-6-17(4)7-9-18)28(23)20-12-10-19(24)11-13-20/h6-13H,2,5,14-15H2,1,3-4H3. The van der Waals surface area contributed by atoms with E-state index in [1.165, 1.54) is 17.3 Å². The Morgan fingerprint density at radius 3 is 2.40 bits per heavy atom. The lowest BCUT2D eigenvalue weighted by Gasteiger charge is -2.20. The van der Waals surface area contributed by atoms with Crippen LogP contribution in [-0.4, -0.2) is 44.4 Å². The van der Waals surface area contributed by atoms with E-state index in [0.717, 1.165) is 22.6 Å². The third kappa shape index (κ3) is 5.32. The van der Waals surface area contributed by atoms with Gasteiger partial charge in [0.25, 0.3) is 0 Å². The molecule has 0 fully saturated rings. The van der Waals surface area contributed by atoms with Crippen LogP contribution in [-0.2, 0) is 4.79 Å². The number of hydrogen-bond donors (Lipinski definition) is 0. The maximum Gasteiger partial charge on any atom is 0.233 e. The number of nitrogens with zero attached hydrogens (tertiary/aromatic N) is 4. The number of carbonyl (C=O) groups is 1. The lowest BCUT2D eigenvalue weighted by Crippen LogP contribution is -2.33. The third-order valence-corrected chi connectivity index (χ3v) is 5.71. The fraction of sp³-hybridized carbons (Fsp3) is 0.261. The predicted octanol–water partition coefficient (Wildman–Crippen LogP) is 5.41. The van der Waals surface area contributed by atoms with Crippen molar-refractivity contribution < 1.29 is 4.79 Å². The van der Waals surface area contributed by atoms with Crippen LogP contribution in [0.3, 0.4) is 0 Å². The van der Waals surface area contributed by atoms with Gasteiger partial charge in [0, 0.05) is 29.4 Å². The summed E-state index contributed by atoms with van der Waals surface area (Å²) in [4.78, 5) is 14.5. The second-order valence-corrected chi connectivity index (χ2v) is 8.52. The molecule has 5 nitrogen and oxygen atoms in total. The molecule has 0 bridgehead atoms. The molecule has 0 N–H and O–H groups in total. The van der Waals surface area contributed by atoms with E-state index in [1.54, 1.807) is 4.90 Å². The number of aromatic nitrogens is 3. The molecule has 0 unspecified atom stereocenters. The number of hydrogen-bond acceptors (Lipinski definition) is 4. The molecule has 0 saturated heterocycles. The zero-order chi connectivity index (χ0) is 21.7. The van der Waals surface area contributed by atoms with Crippen LogP contribution in [0.25, 0.3) is 17.1 Å². The summed E-state index contributed by atoms with van der Waals surface area (Å²) in [5.41, 5.74) is 3.98. The number of aryl methyl sites for hydroxylation is 1. The lowest BCUT2D eigenvalue weighted by atomic mass is 10.1. The van der Waals surface area contributed by atoms with Gasteiger partial charge in [-0.05, 0) is 45.0 Å². The van der Waals surface area contributed by atoms with Crippen molar-refractivity contribution in [1.29, 1.82) is 0 Å². The summed E-state index contributed by atoms with van der Waals surface area (Å²) in [6.45, 7) is 11.1. The minimum atomic E-state index is 0.0491. The number of amides is 1. The number of rotatable bonds is 8. The van der Waals surface area contributed by atoms with Gasteiger partial charge in [-0.3, -0.25) is 9.36 Å². The Morgan fingerprint density at radius 2 is 1.80 bits per heavy atom. The van der Waals surface area contributed by atoms with E-state index >= 15 is 0 Å². The van der Waals surface area contributed by atoms with E-state index in [1.807, 2.05) is 73.9 Å². The summed E-state index contributed by atoms with van der Waals surface area (Å²) in [5, 5.41) is 10.1. The van der Waals surface area contributed by atoms with Gasteiger partial charge in [-0.2, -0.15) is 0 Å². The monoisotopic (exact) mass is 440 g/mol. The molecule has 2 aromatic carbocycles. The highest BCUT2D eigenvalue weighted by Crippen LogP contribution is 2.29. The first kappa shape index (κ1) is 22.1. The summed E-state index contributed by atoms with van der Waals surface area (Å²) in [5.74, 6) is 1.05. The molecule has 3 aromatic rings. The van der Waals surface area contributed by atoms with E-state index in [4.69, 9.17) is 11.6 Å². The Hall–Kier alpha value is -2.57. The molecule has 0 saturated carbocycles. The van der Waals surface area contributed by atoms with Crippen molar-refractivity contribution in [3.8, 4) is 17.1 Å². The quantitative estimate of drug-likeness (QED) is 0.347. The Bertz CT molecular complexity index is 1030. The van der Waals surface area contributed by atoms with Crippen molar-refractivity contribution in [2.45, 2.75) is 25.9 Å². The molecule has 0 spiro atoms. The second-order valence-electron chi connectivity index (χ2n) is 7.14. The first-order valence-corrected chi connectivity index (χ1v) is 11.1. The van der Waals surface area contributed by atoms with Crippen molar-refractivity contribution in [3.05, 3.63) is 71.3 Å². The largest absolute Gasteiger partial charge is 0.338 e. The third-order valence-electron chi connectivity index (χ3n) is 4.55. The van der Waals surface area contributed by atoms with Crippen LogP contribution in [0, 0.1) is 6.92 Å². The molecule has 1 heterocycles. The Morgan fingerprint density at radius 1 is 1.13 bits per heavy atom. The number of thioether (sulfide) groups is 1. The SMILES string of the molecule is C=C(C)CN(CC)C(=O)CSc1nnc(-c2ccc(C)cc2)n1-c1ccc(Cl)cc1. The van der Waals surface area contributed by atoms with Gasteiger partial charge in [-0.15, -0.1) is 10.2 Å². The smallest absolute Gasteiger partial charge is 0.233 e. The topological polar surface area (TPSA) is 51.0 Å². The van der Waals surface area contributed by atoms with E-state index in [9.17, 15) is 4.79 Å². The van der Waals surface area contributed by atoms with Crippen LogP contribution < -0.4 is 0 Å².